The van der Waals surface area contributed by atoms with Gasteiger partial charge in [0.2, 0.25) is 5.16 Å². The number of anilines is 1. The van der Waals surface area contributed by atoms with E-state index in [2.05, 4.69) is 20.3 Å². The Kier molecular flexibility index (Phi) is 6.20. The Morgan fingerprint density at radius 1 is 1.23 bits per heavy atom. The number of carbonyl (C=O) groups is 1. The van der Waals surface area contributed by atoms with Crippen LogP contribution < -0.4 is 15.8 Å². The number of fused-ring (bicyclic) bond motifs is 1. The van der Waals surface area contributed by atoms with Crippen LogP contribution in [-0.2, 0) is 16.3 Å². The summed E-state index contributed by atoms with van der Waals surface area (Å²) in [5, 5.41) is 2.46. The number of rotatable bonds is 7. The zero-order valence-corrected chi connectivity index (χ0v) is 18.0. The van der Waals surface area contributed by atoms with Crippen LogP contribution >= 0.6 is 0 Å². The van der Waals surface area contributed by atoms with Gasteiger partial charge in [-0.05, 0) is 18.9 Å². The summed E-state index contributed by atoms with van der Waals surface area (Å²) >= 11 is 0. The largest absolute Gasteiger partial charge is 0.415 e. The number of nitrogens with zero attached hydrogens (tertiary/aromatic N) is 4. The minimum Gasteiger partial charge on any atom is -0.382 e. The Balaban J connectivity index is 2.14. The van der Waals surface area contributed by atoms with Crippen LogP contribution in [0.2, 0.25) is 0 Å². The third-order valence-corrected chi connectivity index (χ3v) is 6.02. The molecule has 2 heterocycles. The Hall–Kier alpha value is -3.21. The fraction of sp³-hybridized carbons (Fsp3) is 0.368. The van der Waals surface area contributed by atoms with Crippen molar-refractivity contribution in [3.05, 3.63) is 35.4 Å². The summed E-state index contributed by atoms with van der Waals surface area (Å²) in [6.45, 7) is 6.28. The Bertz CT molecular complexity index is 1170. The first-order valence-electron chi connectivity index (χ1n) is 9.56. The van der Waals surface area contributed by atoms with Gasteiger partial charge in [0.25, 0.3) is 0 Å². The number of nitrogens with two attached hydrogens (primary N) is 1. The van der Waals surface area contributed by atoms with Crippen LogP contribution in [0.4, 0.5) is 10.6 Å². The molecule has 30 heavy (non-hydrogen) atoms. The molecule has 10 nitrogen and oxygen atoms in total. The summed E-state index contributed by atoms with van der Waals surface area (Å²) in [6, 6.07) is 7.79. The predicted molar refractivity (Wildman–Crippen MR) is 114 cm³/mol. The number of hydrogen-bond acceptors (Lipinski definition) is 8. The Morgan fingerprint density at radius 2 is 1.93 bits per heavy atom. The first-order chi connectivity index (χ1) is 14.2. The molecule has 0 bridgehead atoms. The number of amides is 1. The van der Waals surface area contributed by atoms with Crippen molar-refractivity contribution in [3.8, 4) is 6.01 Å². The Morgan fingerprint density at radius 3 is 2.57 bits per heavy atom. The van der Waals surface area contributed by atoms with Crippen LogP contribution in [0.3, 0.4) is 0 Å². The Labute approximate surface area is 174 Å². The van der Waals surface area contributed by atoms with Gasteiger partial charge in [-0.2, -0.15) is 9.97 Å². The summed E-state index contributed by atoms with van der Waals surface area (Å²) in [7, 11) is -3.20. The van der Waals surface area contributed by atoms with E-state index in [4.69, 9.17) is 15.3 Å². The van der Waals surface area contributed by atoms with Gasteiger partial charge < -0.3 is 15.8 Å². The lowest BCUT2D eigenvalue weighted by atomic mass is 10.1. The van der Waals surface area contributed by atoms with Gasteiger partial charge in [-0.25, -0.2) is 18.8 Å². The molecule has 3 aromatic rings. The van der Waals surface area contributed by atoms with Gasteiger partial charge in [-0.3, -0.25) is 4.57 Å². The monoisotopic (exact) mass is 431 g/mol. The highest BCUT2D eigenvalue weighted by atomic mass is 32.2. The van der Waals surface area contributed by atoms with Gasteiger partial charge >= 0.3 is 12.1 Å². The molecular weight excluding hydrogens is 406 g/mol. The van der Waals surface area contributed by atoms with Crippen molar-refractivity contribution in [3.63, 3.8) is 0 Å². The van der Waals surface area contributed by atoms with E-state index >= 15 is 0 Å². The molecule has 11 heteroatoms. The van der Waals surface area contributed by atoms with Gasteiger partial charge in [0, 0.05) is 12.3 Å². The number of hydrogen-bond donors (Lipinski definition) is 3. The molecule has 0 saturated carbocycles. The van der Waals surface area contributed by atoms with Gasteiger partial charge in [0.05, 0.1) is 6.54 Å². The van der Waals surface area contributed by atoms with E-state index in [-0.39, 0.29) is 40.4 Å². The van der Waals surface area contributed by atoms with E-state index in [1.807, 2.05) is 38.1 Å². The maximum atomic E-state index is 12.5. The van der Waals surface area contributed by atoms with Crippen molar-refractivity contribution in [2.75, 3.05) is 18.0 Å². The van der Waals surface area contributed by atoms with Crippen molar-refractivity contribution in [2.45, 2.75) is 38.9 Å². The fourth-order valence-corrected chi connectivity index (χ4v) is 3.44. The minimum atomic E-state index is -3.20. The maximum Gasteiger partial charge on any atom is 0.415 e. The highest BCUT2D eigenvalue weighted by Crippen LogP contribution is 2.26. The molecule has 1 atom stereocenters. The smallest absolute Gasteiger partial charge is 0.382 e. The number of benzene rings is 1. The third-order valence-electron chi connectivity index (χ3n) is 4.43. The van der Waals surface area contributed by atoms with Crippen molar-refractivity contribution in [1.29, 1.82) is 4.78 Å². The lowest BCUT2D eigenvalue weighted by Gasteiger charge is -2.10. The lowest BCUT2D eigenvalue weighted by Crippen LogP contribution is -2.28. The molecule has 1 amide bonds. The van der Waals surface area contributed by atoms with E-state index < -0.39 is 15.8 Å². The minimum absolute atomic E-state index is 0.00898. The third kappa shape index (κ3) is 4.51. The molecule has 2 aromatic heterocycles. The molecule has 4 N–H and O–H groups in total. The second-order valence-corrected chi connectivity index (χ2v) is 9.10. The average molecular weight is 432 g/mol. The van der Waals surface area contributed by atoms with Gasteiger partial charge in [-0.15, -0.1) is 0 Å². The summed E-state index contributed by atoms with van der Waals surface area (Å²) < 4.78 is 27.5. The van der Waals surface area contributed by atoms with Crippen LogP contribution in [0.5, 0.6) is 6.01 Å². The van der Waals surface area contributed by atoms with Crippen LogP contribution in [-0.4, -0.2) is 42.1 Å². The molecule has 0 spiro atoms. The standard InChI is InChI=1S/C19H25N7O3S/c1-4-10-22-19(27)29-18-23-14-15(20)24-17(30(21,28)5-2)25-16(14)26(18)11-13-8-6-12(3)7-9-13/h6-9,21H,4-5,10-11H2,1-3H3,(H,22,27)(H2,20,24,25)/t30-/m1/s1. The summed E-state index contributed by atoms with van der Waals surface area (Å²) in [5.41, 5.74) is 8.52. The molecule has 0 radical (unpaired) electrons. The van der Waals surface area contributed by atoms with E-state index in [1.54, 1.807) is 11.5 Å². The van der Waals surface area contributed by atoms with Crippen LogP contribution in [0.1, 0.15) is 31.4 Å². The molecular formula is C19H25N7O3S. The van der Waals surface area contributed by atoms with Gasteiger partial charge in [0.1, 0.15) is 9.73 Å². The fourth-order valence-electron chi connectivity index (χ4n) is 2.70. The highest BCUT2D eigenvalue weighted by molar-refractivity contribution is 7.92. The molecule has 0 unspecified atom stereocenters. The number of carbonyl (C=O) groups excluding carboxylic acids is 1. The number of nitrogens with one attached hydrogen (secondary N) is 2. The van der Waals surface area contributed by atoms with Crippen LogP contribution in [0.15, 0.2) is 29.4 Å². The molecule has 0 aliphatic carbocycles. The number of aryl methyl sites for hydroxylation is 1. The van der Waals surface area contributed by atoms with Crippen molar-refractivity contribution < 1.29 is 13.7 Å². The van der Waals surface area contributed by atoms with E-state index in [0.29, 0.717) is 6.54 Å². The number of aromatic nitrogens is 4. The predicted octanol–water partition coefficient (Wildman–Crippen LogP) is 2.69. The first-order valence-corrected chi connectivity index (χ1v) is 11.3. The van der Waals surface area contributed by atoms with Crippen molar-refractivity contribution in [2.24, 2.45) is 0 Å². The zero-order valence-electron chi connectivity index (χ0n) is 17.1. The average Bonchev–Trinajstić information content (AvgIpc) is 3.05. The summed E-state index contributed by atoms with van der Waals surface area (Å²) in [6.07, 6.45) is 0.104. The van der Waals surface area contributed by atoms with Crippen LogP contribution in [0, 0.1) is 11.7 Å². The number of ether oxygens (including phenoxy) is 1. The SMILES string of the molecule is CCCNC(=O)Oc1nc2c(N)nc([S@](=N)(=O)CC)nc2n1Cc1ccc(C)cc1. The lowest BCUT2D eigenvalue weighted by molar-refractivity contribution is 0.195. The number of nitrogen functional groups attached to an aromatic ring is 1. The van der Waals surface area contributed by atoms with Crippen LogP contribution in [0.25, 0.3) is 11.2 Å². The van der Waals surface area contributed by atoms with Gasteiger partial charge in [-0.1, -0.05) is 43.7 Å². The molecule has 0 aliphatic rings. The summed E-state index contributed by atoms with van der Waals surface area (Å²) in [5.74, 6) is 0.0252. The second kappa shape index (κ2) is 8.66. The molecule has 0 saturated heterocycles. The second-order valence-electron chi connectivity index (χ2n) is 6.81. The molecule has 1 aromatic carbocycles. The van der Waals surface area contributed by atoms with Crippen molar-refractivity contribution >= 4 is 32.8 Å². The zero-order chi connectivity index (χ0) is 21.9. The molecule has 3 rings (SSSR count). The quantitative estimate of drug-likeness (QED) is 0.487. The van der Waals surface area contributed by atoms with Gasteiger partial charge in [0.15, 0.2) is 17.0 Å². The van der Waals surface area contributed by atoms with E-state index in [1.165, 1.54) is 0 Å². The van der Waals surface area contributed by atoms with E-state index in [9.17, 15) is 9.00 Å². The first kappa shape index (κ1) is 21.5. The molecule has 0 fully saturated rings. The highest BCUT2D eigenvalue weighted by Gasteiger charge is 2.23. The maximum absolute atomic E-state index is 12.5. The summed E-state index contributed by atoms with van der Waals surface area (Å²) in [4.78, 5) is 24.8. The molecule has 160 valence electrons. The normalized spacial score (nSPS) is 13.2. The molecule has 0 aliphatic heterocycles. The topological polar surface area (TPSA) is 149 Å². The number of imidazole rings is 1. The van der Waals surface area contributed by atoms with Crippen molar-refractivity contribution in [1.82, 2.24) is 24.8 Å². The van der Waals surface area contributed by atoms with E-state index in [0.717, 1.165) is 17.5 Å².